The van der Waals surface area contributed by atoms with Crippen LogP contribution in [0.15, 0.2) is 39.2 Å². The van der Waals surface area contributed by atoms with Crippen LogP contribution in [0.1, 0.15) is 10.4 Å². The van der Waals surface area contributed by atoms with E-state index in [2.05, 4.69) is 26.5 Å². The number of hydrazone groups is 1. The van der Waals surface area contributed by atoms with Gasteiger partial charge in [-0.1, -0.05) is 22.0 Å². The molecule has 2 rings (SSSR count). The number of carbonyl (C=O) groups is 1. The SMILES string of the molecule is COc1cc(Br)cc(/C=N\NC(=O)Cc2cccs2)c1OC. The number of amides is 1. The zero-order valence-corrected chi connectivity index (χ0v) is 14.5. The highest BCUT2D eigenvalue weighted by atomic mass is 79.9. The van der Waals surface area contributed by atoms with E-state index in [0.29, 0.717) is 23.5 Å². The van der Waals surface area contributed by atoms with Crippen LogP contribution in [0.25, 0.3) is 0 Å². The van der Waals surface area contributed by atoms with Crippen LogP contribution < -0.4 is 14.9 Å². The van der Waals surface area contributed by atoms with E-state index >= 15 is 0 Å². The lowest BCUT2D eigenvalue weighted by molar-refractivity contribution is -0.120. The third kappa shape index (κ3) is 4.32. The van der Waals surface area contributed by atoms with Gasteiger partial charge < -0.3 is 9.47 Å². The monoisotopic (exact) mass is 382 g/mol. The first-order chi connectivity index (χ1) is 10.6. The first-order valence-electron chi connectivity index (χ1n) is 6.40. The Morgan fingerprint density at radius 3 is 2.86 bits per heavy atom. The minimum Gasteiger partial charge on any atom is -0.493 e. The Morgan fingerprint density at radius 2 is 2.23 bits per heavy atom. The third-order valence-corrected chi connectivity index (χ3v) is 4.11. The lowest BCUT2D eigenvalue weighted by Crippen LogP contribution is -2.19. The Hall–Kier alpha value is -1.86. The van der Waals surface area contributed by atoms with E-state index in [0.717, 1.165) is 9.35 Å². The lowest BCUT2D eigenvalue weighted by atomic mass is 10.2. The molecule has 1 aromatic carbocycles. The number of rotatable bonds is 6. The molecule has 7 heteroatoms. The van der Waals surface area contributed by atoms with Crippen molar-refractivity contribution in [3.8, 4) is 11.5 Å². The van der Waals surface area contributed by atoms with Crippen LogP contribution >= 0.6 is 27.3 Å². The molecule has 5 nitrogen and oxygen atoms in total. The zero-order valence-electron chi connectivity index (χ0n) is 12.1. The number of thiophene rings is 1. The molecule has 0 atom stereocenters. The molecule has 116 valence electrons. The van der Waals surface area contributed by atoms with Gasteiger partial charge in [-0.25, -0.2) is 5.43 Å². The van der Waals surface area contributed by atoms with Gasteiger partial charge in [0.25, 0.3) is 0 Å². The lowest BCUT2D eigenvalue weighted by Gasteiger charge is -2.10. The van der Waals surface area contributed by atoms with Crippen molar-refractivity contribution in [1.82, 2.24) is 5.43 Å². The van der Waals surface area contributed by atoms with Crippen molar-refractivity contribution in [1.29, 1.82) is 0 Å². The summed E-state index contributed by atoms with van der Waals surface area (Å²) in [7, 11) is 3.12. The number of nitrogens with zero attached hydrogens (tertiary/aromatic N) is 1. The van der Waals surface area contributed by atoms with Crippen LogP contribution in [0.3, 0.4) is 0 Å². The largest absolute Gasteiger partial charge is 0.493 e. The molecular weight excluding hydrogens is 368 g/mol. The van der Waals surface area contributed by atoms with Gasteiger partial charge in [-0.3, -0.25) is 4.79 Å². The van der Waals surface area contributed by atoms with Crippen LogP contribution in [0, 0.1) is 0 Å². The molecule has 0 radical (unpaired) electrons. The van der Waals surface area contributed by atoms with Crippen LogP contribution in [-0.4, -0.2) is 26.3 Å². The third-order valence-electron chi connectivity index (χ3n) is 2.78. The van der Waals surface area contributed by atoms with Gasteiger partial charge in [0.15, 0.2) is 11.5 Å². The van der Waals surface area contributed by atoms with Crippen molar-refractivity contribution in [3.05, 3.63) is 44.6 Å². The predicted molar refractivity (Wildman–Crippen MR) is 91.0 cm³/mol. The maximum Gasteiger partial charge on any atom is 0.245 e. The van der Waals surface area contributed by atoms with Gasteiger partial charge in [0.1, 0.15) is 0 Å². The number of nitrogens with one attached hydrogen (secondary N) is 1. The van der Waals surface area contributed by atoms with E-state index < -0.39 is 0 Å². The molecule has 0 aliphatic rings. The number of carbonyl (C=O) groups excluding carboxylic acids is 1. The molecule has 0 aliphatic heterocycles. The smallest absolute Gasteiger partial charge is 0.245 e. The van der Waals surface area contributed by atoms with Crippen LogP contribution in [0.2, 0.25) is 0 Å². The molecule has 0 saturated carbocycles. The van der Waals surface area contributed by atoms with E-state index in [4.69, 9.17) is 9.47 Å². The van der Waals surface area contributed by atoms with Crippen molar-refractivity contribution >= 4 is 39.4 Å². The van der Waals surface area contributed by atoms with Crippen LogP contribution in [-0.2, 0) is 11.2 Å². The highest BCUT2D eigenvalue weighted by Crippen LogP contribution is 2.33. The minimum absolute atomic E-state index is 0.167. The number of halogens is 1. The van der Waals surface area contributed by atoms with Crippen molar-refractivity contribution in [2.45, 2.75) is 6.42 Å². The van der Waals surface area contributed by atoms with E-state index in [-0.39, 0.29) is 5.91 Å². The van der Waals surface area contributed by atoms with Crippen molar-refractivity contribution in [3.63, 3.8) is 0 Å². The quantitative estimate of drug-likeness (QED) is 0.616. The second-order valence-electron chi connectivity index (χ2n) is 4.28. The normalized spacial score (nSPS) is 10.7. The molecular formula is C15H15BrN2O3S. The van der Waals surface area contributed by atoms with E-state index in [1.807, 2.05) is 23.6 Å². The summed E-state index contributed by atoms with van der Waals surface area (Å²) in [4.78, 5) is 12.8. The van der Waals surface area contributed by atoms with Crippen LogP contribution in [0.4, 0.5) is 0 Å². The Balaban J connectivity index is 2.06. The zero-order chi connectivity index (χ0) is 15.9. The maximum atomic E-state index is 11.8. The van der Waals surface area contributed by atoms with Gasteiger partial charge in [-0.2, -0.15) is 5.10 Å². The van der Waals surface area contributed by atoms with Gasteiger partial charge in [0.05, 0.1) is 26.9 Å². The molecule has 0 bridgehead atoms. The summed E-state index contributed by atoms with van der Waals surface area (Å²) in [5.74, 6) is 0.977. The first-order valence-corrected chi connectivity index (χ1v) is 8.07. The fourth-order valence-corrected chi connectivity index (χ4v) is 3.00. The number of hydrogen-bond donors (Lipinski definition) is 1. The summed E-state index contributed by atoms with van der Waals surface area (Å²) in [5.41, 5.74) is 3.20. The standard InChI is InChI=1S/C15H15BrN2O3S/c1-20-13-7-11(16)6-10(15(13)21-2)9-17-18-14(19)8-12-4-3-5-22-12/h3-7,9H,8H2,1-2H3,(H,18,19)/b17-9-. The summed E-state index contributed by atoms with van der Waals surface area (Å²) in [5, 5.41) is 5.91. The van der Waals surface area contributed by atoms with Gasteiger partial charge in [0.2, 0.25) is 5.91 Å². The first kappa shape index (κ1) is 16.5. The fraction of sp³-hybridized carbons (Fsp3) is 0.200. The highest BCUT2D eigenvalue weighted by molar-refractivity contribution is 9.10. The number of benzene rings is 1. The van der Waals surface area contributed by atoms with Crippen molar-refractivity contribution in [2.24, 2.45) is 5.10 Å². The molecule has 1 amide bonds. The molecule has 1 aromatic heterocycles. The summed E-state index contributed by atoms with van der Waals surface area (Å²) in [6.07, 6.45) is 1.84. The summed E-state index contributed by atoms with van der Waals surface area (Å²) in [6, 6.07) is 7.45. The molecule has 2 aromatic rings. The van der Waals surface area contributed by atoms with Gasteiger partial charge in [-0.05, 0) is 23.6 Å². The Labute approximate surface area is 141 Å². The molecule has 1 heterocycles. The molecule has 1 N–H and O–H groups in total. The summed E-state index contributed by atoms with van der Waals surface area (Å²) >= 11 is 4.93. The molecule has 0 aliphatic carbocycles. The number of methoxy groups -OCH3 is 2. The molecule has 22 heavy (non-hydrogen) atoms. The highest BCUT2D eigenvalue weighted by Gasteiger charge is 2.10. The average Bonchev–Trinajstić information content (AvgIpc) is 2.99. The Kier molecular flexibility index (Phi) is 5.97. The van der Waals surface area contributed by atoms with E-state index in [1.54, 1.807) is 20.3 Å². The van der Waals surface area contributed by atoms with Crippen molar-refractivity contribution < 1.29 is 14.3 Å². The van der Waals surface area contributed by atoms with Gasteiger partial charge in [-0.15, -0.1) is 11.3 Å². The molecule has 0 spiro atoms. The second-order valence-corrected chi connectivity index (χ2v) is 6.23. The van der Waals surface area contributed by atoms with Gasteiger partial charge >= 0.3 is 0 Å². The second kappa shape index (κ2) is 7.95. The molecule has 0 saturated heterocycles. The minimum atomic E-state index is -0.167. The topological polar surface area (TPSA) is 59.9 Å². The van der Waals surface area contributed by atoms with Crippen molar-refractivity contribution in [2.75, 3.05) is 14.2 Å². The fourth-order valence-electron chi connectivity index (χ4n) is 1.84. The van der Waals surface area contributed by atoms with E-state index in [9.17, 15) is 4.79 Å². The molecule has 0 unspecified atom stereocenters. The molecule has 0 fully saturated rings. The summed E-state index contributed by atoms with van der Waals surface area (Å²) < 4.78 is 11.4. The van der Waals surface area contributed by atoms with Gasteiger partial charge in [0, 0.05) is 14.9 Å². The number of ether oxygens (including phenoxy) is 2. The summed E-state index contributed by atoms with van der Waals surface area (Å²) in [6.45, 7) is 0. The van der Waals surface area contributed by atoms with E-state index in [1.165, 1.54) is 17.6 Å². The average molecular weight is 383 g/mol. The number of hydrogen-bond acceptors (Lipinski definition) is 5. The Morgan fingerprint density at radius 1 is 1.41 bits per heavy atom. The van der Waals surface area contributed by atoms with Crippen LogP contribution in [0.5, 0.6) is 11.5 Å². The predicted octanol–water partition coefficient (Wildman–Crippen LogP) is 3.22. The Bertz CT molecular complexity index is 672. The maximum absolute atomic E-state index is 11.8.